The van der Waals surface area contributed by atoms with Crippen molar-refractivity contribution in [3.63, 3.8) is 0 Å². The third kappa shape index (κ3) is 2.83. The molecule has 4 nitrogen and oxygen atoms in total. The first-order chi connectivity index (χ1) is 7.81. The predicted octanol–water partition coefficient (Wildman–Crippen LogP) is 1.75. The summed E-state index contributed by atoms with van der Waals surface area (Å²) >= 11 is 0. The fraction of sp³-hybridized carbons (Fsp3) is 0.750. The highest BCUT2D eigenvalue weighted by molar-refractivity contribution is 4.98. The van der Waals surface area contributed by atoms with Gasteiger partial charge in [0.05, 0.1) is 18.8 Å². The molecule has 0 spiro atoms. The Kier molecular flexibility index (Phi) is 3.96. The van der Waals surface area contributed by atoms with Crippen molar-refractivity contribution in [3.05, 3.63) is 17.8 Å². The minimum absolute atomic E-state index is 0.481. The van der Waals surface area contributed by atoms with Crippen molar-refractivity contribution in [2.45, 2.75) is 38.8 Å². The van der Waals surface area contributed by atoms with Crippen molar-refractivity contribution in [1.82, 2.24) is 10.3 Å². The maximum absolute atomic E-state index is 5.61. The van der Waals surface area contributed by atoms with Crippen LogP contribution in [0.1, 0.15) is 31.4 Å². The molecule has 0 radical (unpaired) electrons. The third-order valence-corrected chi connectivity index (χ3v) is 3.01. The van der Waals surface area contributed by atoms with Gasteiger partial charge in [0.2, 0.25) is 5.89 Å². The first-order valence-corrected chi connectivity index (χ1v) is 6.01. The lowest BCUT2D eigenvalue weighted by atomic mass is 9.79. The molecule has 1 heterocycles. The van der Waals surface area contributed by atoms with Crippen LogP contribution in [-0.4, -0.2) is 24.7 Å². The number of ether oxygens (including phenoxy) is 1. The highest BCUT2D eigenvalue weighted by Gasteiger charge is 2.30. The average molecular weight is 224 g/mol. The van der Waals surface area contributed by atoms with Crippen LogP contribution < -0.4 is 5.32 Å². The van der Waals surface area contributed by atoms with E-state index in [9.17, 15) is 0 Å². The van der Waals surface area contributed by atoms with Gasteiger partial charge in [0.15, 0.2) is 0 Å². The summed E-state index contributed by atoms with van der Waals surface area (Å²) in [6.45, 7) is 3.58. The molecule has 1 aliphatic carbocycles. The number of hydrogen-bond donors (Lipinski definition) is 1. The molecule has 1 N–H and O–H groups in total. The molecule has 1 aromatic rings. The van der Waals surface area contributed by atoms with Crippen molar-refractivity contribution in [2.24, 2.45) is 5.92 Å². The van der Waals surface area contributed by atoms with Crippen molar-refractivity contribution in [2.75, 3.05) is 13.7 Å². The van der Waals surface area contributed by atoms with E-state index in [0.717, 1.165) is 37.5 Å². The van der Waals surface area contributed by atoms with Crippen molar-refractivity contribution >= 4 is 0 Å². The number of rotatable bonds is 6. The fourth-order valence-electron chi connectivity index (χ4n) is 2.17. The Labute approximate surface area is 96.4 Å². The fourth-order valence-corrected chi connectivity index (χ4v) is 2.17. The van der Waals surface area contributed by atoms with E-state index in [4.69, 9.17) is 9.15 Å². The molecule has 16 heavy (non-hydrogen) atoms. The summed E-state index contributed by atoms with van der Waals surface area (Å²) in [6.07, 6.45) is 5.65. The molecule has 0 aromatic carbocycles. The quantitative estimate of drug-likeness (QED) is 0.799. The van der Waals surface area contributed by atoms with Crippen LogP contribution in [0.5, 0.6) is 0 Å². The average Bonchev–Trinajstić information content (AvgIpc) is 2.63. The zero-order valence-corrected chi connectivity index (χ0v) is 10.0. The molecule has 1 aliphatic rings. The van der Waals surface area contributed by atoms with Gasteiger partial charge in [0.1, 0.15) is 5.76 Å². The SMILES string of the molecule is CCOC1CC(Cc2cnc(CNC)o2)C1. The first-order valence-electron chi connectivity index (χ1n) is 6.01. The topological polar surface area (TPSA) is 47.3 Å². The molecule has 2 rings (SSSR count). The second-order valence-corrected chi connectivity index (χ2v) is 4.37. The lowest BCUT2D eigenvalue weighted by Gasteiger charge is -2.34. The zero-order valence-electron chi connectivity index (χ0n) is 10.0. The van der Waals surface area contributed by atoms with E-state index < -0.39 is 0 Å². The van der Waals surface area contributed by atoms with Gasteiger partial charge in [-0.2, -0.15) is 0 Å². The Morgan fingerprint density at radius 2 is 2.38 bits per heavy atom. The molecule has 0 unspecified atom stereocenters. The van der Waals surface area contributed by atoms with Crippen molar-refractivity contribution in [1.29, 1.82) is 0 Å². The summed E-state index contributed by atoms with van der Waals surface area (Å²) in [5, 5.41) is 3.03. The number of nitrogens with zero attached hydrogens (tertiary/aromatic N) is 1. The molecule has 1 fully saturated rings. The number of aromatic nitrogens is 1. The zero-order chi connectivity index (χ0) is 11.4. The van der Waals surface area contributed by atoms with E-state index >= 15 is 0 Å². The molecule has 0 saturated heterocycles. The minimum Gasteiger partial charge on any atom is -0.444 e. The summed E-state index contributed by atoms with van der Waals surface area (Å²) in [5.74, 6) is 2.50. The highest BCUT2D eigenvalue weighted by Crippen LogP contribution is 2.32. The summed E-state index contributed by atoms with van der Waals surface area (Å²) in [5.41, 5.74) is 0. The Hall–Kier alpha value is -0.870. The Morgan fingerprint density at radius 1 is 1.56 bits per heavy atom. The lowest BCUT2D eigenvalue weighted by Crippen LogP contribution is -2.32. The van der Waals surface area contributed by atoms with Crippen LogP contribution in [-0.2, 0) is 17.7 Å². The molecule has 0 bridgehead atoms. The molecular formula is C12H20N2O2. The van der Waals surface area contributed by atoms with Crippen LogP contribution in [0.2, 0.25) is 0 Å². The smallest absolute Gasteiger partial charge is 0.208 e. The third-order valence-electron chi connectivity index (χ3n) is 3.01. The van der Waals surface area contributed by atoms with Gasteiger partial charge < -0.3 is 14.5 Å². The number of oxazole rings is 1. The van der Waals surface area contributed by atoms with E-state index in [0.29, 0.717) is 18.6 Å². The van der Waals surface area contributed by atoms with E-state index in [2.05, 4.69) is 10.3 Å². The molecule has 4 heteroatoms. The summed E-state index contributed by atoms with van der Waals surface area (Å²) in [7, 11) is 1.89. The van der Waals surface area contributed by atoms with E-state index in [1.165, 1.54) is 0 Å². The second kappa shape index (κ2) is 5.46. The van der Waals surface area contributed by atoms with Crippen molar-refractivity contribution < 1.29 is 9.15 Å². The van der Waals surface area contributed by atoms with Gasteiger partial charge >= 0.3 is 0 Å². The summed E-state index contributed by atoms with van der Waals surface area (Å²) in [6, 6.07) is 0. The van der Waals surface area contributed by atoms with E-state index in [1.807, 2.05) is 20.2 Å². The van der Waals surface area contributed by atoms with Crippen LogP contribution in [0.3, 0.4) is 0 Å². The van der Waals surface area contributed by atoms with Gasteiger partial charge in [-0.1, -0.05) is 0 Å². The minimum atomic E-state index is 0.481. The molecule has 1 aromatic heterocycles. The largest absolute Gasteiger partial charge is 0.444 e. The van der Waals surface area contributed by atoms with Gasteiger partial charge in [-0.25, -0.2) is 4.98 Å². The van der Waals surface area contributed by atoms with Gasteiger partial charge in [-0.15, -0.1) is 0 Å². The first kappa shape index (κ1) is 11.6. The van der Waals surface area contributed by atoms with Crippen LogP contribution in [0.25, 0.3) is 0 Å². The Balaban J connectivity index is 1.73. The second-order valence-electron chi connectivity index (χ2n) is 4.37. The van der Waals surface area contributed by atoms with Crippen LogP contribution in [0, 0.1) is 5.92 Å². The van der Waals surface area contributed by atoms with Crippen LogP contribution in [0.4, 0.5) is 0 Å². The van der Waals surface area contributed by atoms with Crippen LogP contribution >= 0.6 is 0 Å². The van der Waals surface area contributed by atoms with Crippen LogP contribution in [0.15, 0.2) is 10.6 Å². The van der Waals surface area contributed by atoms with Crippen molar-refractivity contribution in [3.8, 4) is 0 Å². The maximum Gasteiger partial charge on any atom is 0.208 e. The monoisotopic (exact) mass is 224 g/mol. The number of nitrogens with one attached hydrogen (secondary N) is 1. The Bertz CT molecular complexity index is 319. The van der Waals surface area contributed by atoms with Gasteiger partial charge in [-0.05, 0) is 32.7 Å². The highest BCUT2D eigenvalue weighted by atomic mass is 16.5. The number of hydrogen-bond acceptors (Lipinski definition) is 4. The van der Waals surface area contributed by atoms with Gasteiger partial charge in [0.25, 0.3) is 0 Å². The van der Waals surface area contributed by atoms with E-state index in [1.54, 1.807) is 0 Å². The van der Waals surface area contributed by atoms with E-state index in [-0.39, 0.29) is 0 Å². The molecule has 0 amide bonds. The predicted molar refractivity (Wildman–Crippen MR) is 61.1 cm³/mol. The lowest BCUT2D eigenvalue weighted by molar-refractivity contribution is -0.0252. The molecular weight excluding hydrogens is 204 g/mol. The standard InChI is InChI=1S/C12H20N2O2/c1-3-15-10-4-9(5-10)6-11-7-14-12(16-11)8-13-2/h7,9-10,13H,3-6,8H2,1-2H3. The molecule has 1 saturated carbocycles. The van der Waals surface area contributed by atoms with Gasteiger partial charge in [0, 0.05) is 13.0 Å². The molecule has 90 valence electrons. The maximum atomic E-state index is 5.61. The molecule has 0 atom stereocenters. The Morgan fingerprint density at radius 3 is 3.06 bits per heavy atom. The summed E-state index contributed by atoms with van der Waals surface area (Å²) < 4.78 is 11.1. The summed E-state index contributed by atoms with van der Waals surface area (Å²) in [4.78, 5) is 4.21. The normalized spacial score (nSPS) is 24.4. The molecule has 0 aliphatic heterocycles. The van der Waals surface area contributed by atoms with Gasteiger partial charge in [-0.3, -0.25) is 0 Å².